The maximum atomic E-state index is 3.28. The van der Waals surface area contributed by atoms with Crippen LogP contribution in [-0.4, -0.2) is 38.1 Å². The second-order valence-corrected chi connectivity index (χ2v) is 4.95. The second-order valence-electron chi connectivity index (χ2n) is 4.95. The van der Waals surface area contributed by atoms with E-state index >= 15 is 0 Å². The number of benzene rings is 1. The van der Waals surface area contributed by atoms with E-state index in [0.717, 1.165) is 24.6 Å². The standard InChI is InChI=1S/C16H22N2/c1-17-14-16-9-12-18(13-10-16)11-5-8-15-6-3-2-4-7-15/h2-4,6-7,16-17H,9-14H2,1H3. The molecule has 1 aliphatic rings. The highest BCUT2D eigenvalue weighted by atomic mass is 15.1. The van der Waals surface area contributed by atoms with Gasteiger partial charge in [-0.25, -0.2) is 0 Å². The molecule has 0 spiro atoms. The Balaban J connectivity index is 1.74. The van der Waals surface area contributed by atoms with Crippen molar-refractivity contribution in [2.24, 2.45) is 5.92 Å². The normalized spacial score (nSPS) is 17.2. The minimum absolute atomic E-state index is 0.855. The lowest BCUT2D eigenvalue weighted by Crippen LogP contribution is -2.36. The second kappa shape index (κ2) is 7.20. The Kier molecular flexibility index (Phi) is 5.26. The van der Waals surface area contributed by atoms with Crippen molar-refractivity contribution in [3.63, 3.8) is 0 Å². The van der Waals surface area contributed by atoms with Crippen LogP contribution in [0.3, 0.4) is 0 Å². The number of nitrogens with zero attached hydrogens (tertiary/aromatic N) is 1. The van der Waals surface area contributed by atoms with Crippen molar-refractivity contribution in [3.05, 3.63) is 35.9 Å². The largest absolute Gasteiger partial charge is 0.319 e. The van der Waals surface area contributed by atoms with Crippen molar-refractivity contribution < 1.29 is 0 Å². The van der Waals surface area contributed by atoms with E-state index in [1.54, 1.807) is 0 Å². The fraction of sp³-hybridized carbons (Fsp3) is 0.500. The molecule has 0 aliphatic carbocycles. The zero-order chi connectivity index (χ0) is 12.6. The quantitative estimate of drug-likeness (QED) is 0.815. The highest BCUT2D eigenvalue weighted by Gasteiger charge is 2.17. The minimum Gasteiger partial charge on any atom is -0.319 e. The Morgan fingerprint density at radius 3 is 2.61 bits per heavy atom. The smallest absolute Gasteiger partial charge is 0.0605 e. The van der Waals surface area contributed by atoms with E-state index in [9.17, 15) is 0 Å². The Morgan fingerprint density at radius 2 is 1.94 bits per heavy atom. The van der Waals surface area contributed by atoms with Gasteiger partial charge in [-0.3, -0.25) is 4.90 Å². The molecule has 18 heavy (non-hydrogen) atoms. The first-order valence-corrected chi connectivity index (χ1v) is 6.79. The van der Waals surface area contributed by atoms with Gasteiger partial charge in [0.2, 0.25) is 0 Å². The van der Waals surface area contributed by atoms with Crippen LogP contribution >= 0.6 is 0 Å². The van der Waals surface area contributed by atoms with Gasteiger partial charge in [-0.2, -0.15) is 0 Å². The van der Waals surface area contributed by atoms with Gasteiger partial charge in [0.1, 0.15) is 0 Å². The van der Waals surface area contributed by atoms with Crippen molar-refractivity contribution in [2.75, 3.05) is 33.2 Å². The Morgan fingerprint density at radius 1 is 1.22 bits per heavy atom. The van der Waals surface area contributed by atoms with Crippen molar-refractivity contribution in [3.8, 4) is 11.8 Å². The van der Waals surface area contributed by atoms with Gasteiger partial charge in [-0.15, -0.1) is 0 Å². The monoisotopic (exact) mass is 242 g/mol. The van der Waals surface area contributed by atoms with E-state index in [1.807, 2.05) is 25.2 Å². The van der Waals surface area contributed by atoms with Crippen LogP contribution in [-0.2, 0) is 0 Å². The first kappa shape index (κ1) is 13.1. The van der Waals surface area contributed by atoms with E-state index in [1.165, 1.54) is 25.9 Å². The van der Waals surface area contributed by atoms with Crippen LogP contribution in [0.5, 0.6) is 0 Å². The zero-order valence-corrected chi connectivity index (χ0v) is 11.2. The SMILES string of the molecule is CNCC1CCN(CC#Cc2ccccc2)CC1. The van der Waals surface area contributed by atoms with Crippen LogP contribution in [0.15, 0.2) is 30.3 Å². The molecule has 1 heterocycles. The molecule has 2 heteroatoms. The minimum atomic E-state index is 0.855. The predicted molar refractivity (Wildman–Crippen MR) is 76.4 cm³/mol. The molecule has 2 rings (SSSR count). The van der Waals surface area contributed by atoms with E-state index in [4.69, 9.17) is 0 Å². The third kappa shape index (κ3) is 4.18. The molecule has 1 aromatic carbocycles. The number of piperidine rings is 1. The molecule has 1 fully saturated rings. The van der Waals surface area contributed by atoms with Gasteiger partial charge in [-0.1, -0.05) is 30.0 Å². The summed E-state index contributed by atoms with van der Waals surface area (Å²) in [4.78, 5) is 2.46. The summed E-state index contributed by atoms with van der Waals surface area (Å²) < 4.78 is 0. The van der Waals surface area contributed by atoms with E-state index in [2.05, 4.69) is 34.2 Å². The maximum Gasteiger partial charge on any atom is 0.0605 e. The maximum absolute atomic E-state index is 3.28. The number of rotatable bonds is 3. The van der Waals surface area contributed by atoms with Crippen LogP contribution in [0.1, 0.15) is 18.4 Å². The number of hydrogen-bond donors (Lipinski definition) is 1. The molecule has 1 N–H and O–H groups in total. The van der Waals surface area contributed by atoms with Gasteiger partial charge in [-0.05, 0) is 57.6 Å². The summed E-state index contributed by atoms with van der Waals surface area (Å²) in [5.74, 6) is 7.36. The summed E-state index contributed by atoms with van der Waals surface area (Å²) in [5.41, 5.74) is 1.11. The van der Waals surface area contributed by atoms with Gasteiger partial charge in [0.15, 0.2) is 0 Å². The molecule has 1 aliphatic heterocycles. The lowest BCUT2D eigenvalue weighted by atomic mass is 9.97. The molecule has 96 valence electrons. The summed E-state index contributed by atoms with van der Waals surface area (Å²) >= 11 is 0. The van der Waals surface area contributed by atoms with Crippen molar-refractivity contribution in [1.82, 2.24) is 10.2 Å². The molecule has 2 nitrogen and oxygen atoms in total. The zero-order valence-electron chi connectivity index (χ0n) is 11.2. The first-order chi connectivity index (χ1) is 8.88. The lowest BCUT2D eigenvalue weighted by Gasteiger charge is -2.30. The molecular formula is C16H22N2. The molecule has 0 amide bonds. The van der Waals surface area contributed by atoms with Crippen LogP contribution < -0.4 is 5.32 Å². The van der Waals surface area contributed by atoms with Crippen molar-refractivity contribution in [1.29, 1.82) is 0 Å². The fourth-order valence-corrected chi connectivity index (χ4v) is 2.41. The number of hydrogen-bond acceptors (Lipinski definition) is 2. The topological polar surface area (TPSA) is 15.3 Å². The highest BCUT2D eigenvalue weighted by Crippen LogP contribution is 2.15. The Labute approximate surface area is 110 Å². The molecule has 1 saturated heterocycles. The van der Waals surface area contributed by atoms with Gasteiger partial charge >= 0.3 is 0 Å². The molecule has 0 atom stereocenters. The van der Waals surface area contributed by atoms with E-state index in [0.29, 0.717) is 0 Å². The lowest BCUT2D eigenvalue weighted by molar-refractivity contribution is 0.202. The van der Waals surface area contributed by atoms with Gasteiger partial charge in [0, 0.05) is 5.56 Å². The van der Waals surface area contributed by atoms with Gasteiger partial charge in [0.25, 0.3) is 0 Å². The summed E-state index contributed by atoms with van der Waals surface area (Å²) in [7, 11) is 2.04. The Hall–Kier alpha value is -1.30. The van der Waals surface area contributed by atoms with Crippen molar-refractivity contribution >= 4 is 0 Å². The highest BCUT2D eigenvalue weighted by molar-refractivity contribution is 5.33. The molecule has 0 radical (unpaired) electrons. The molecule has 0 bridgehead atoms. The van der Waals surface area contributed by atoms with Crippen LogP contribution in [0.25, 0.3) is 0 Å². The summed E-state index contributed by atoms with van der Waals surface area (Å²) in [5, 5.41) is 3.27. The summed E-state index contributed by atoms with van der Waals surface area (Å²) in [6, 6.07) is 10.2. The average Bonchev–Trinajstić information content (AvgIpc) is 2.42. The summed E-state index contributed by atoms with van der Waals surface area (Å²) in [6.45, 7) is 4.44. The average molecular weight is 242 g/mol. The van der Waals surface area contributed by atoms with E-state index < -0.39 is 0 Å². The molecular weight excluding hydrogens is 220 g/mol. The van der Waals surface area contributed by atoms with Crippen LogP contribution in [0, 0.1) is 17.8 Å². The molecule has 0 unspecified atom stereocenters. The molecule has 0 aromatic heterocycles. The van der Waals surface area contributed by atoms with Crippen LogP contribution in [0.4, 0.5) is 0 Å². The Bertz CT molecular complexity index is 394. The molecule has 0 saturated carbocycles. The predicted octanol–water partition coefficient (Wildman–Crippen LogP) is 1.97. The number of likely N-dealkylation sites (tertiary alicyclic amines) is 1. The van der Waals surface area contributed by atoms with Gasteiger partial charge in [0.05, 0.1) is 6.54 Å². The fourth-order valence-electron chi connectivity index (χ4n) is 2.41. The van der Waals surface area contributed by atoms with Gasteiger partial charge < -0.3 is 5.32 Å². The first-order valence-electron chi connectivity index (χ1n) is 6.79. The summed E-state index contributed by atoms with van der Waals surface area (Å²) in [6.07, 6.45) is 2.60. The third-order valence-electron chi connectivity index (χ3n) is 3.51. The third-order valence-corrected chi connectivity index (χ3v) is 3.51. The van der Waals surface area contributed by atoms with E-state index in [-0.39, 0.29) is 0 Å². The van der Waals surface area contributed by atoms with Crippen LogP contribution in [0.2, 0.25) is 0 Å². The molecule has 1 aromatic rings. The van der Waals surface area contributed by atoms with Crippen molar-refractivity contribution in [2.45, 2.75) is 12.8 Å². The number of nitrogens with one attached hydrogen (secondary N) is 1.